The van der Waals surface area contributed by atoms with Gasteiger partial charge in [-0.3, -0.25) is 4.90 Å². The molecule has 2 atom stereocenters. The van der Waals surface area contributed by atoms with Crippen LogP contribution in [-0.4, -0.2) is 44.7 Å². The van der Waals surface area contributed by atoms with Crippen LogP contribution >= 0.6 is 0 Å². The van der Waals surface area contributed by atoms with Gasteiger partial charge in [0.2, 0.25) is 0 Å². The summed E-state index contributed by atoms with van der Waals surface area (Å²) in [5, 5.41) is 3.99. The number of alkyl halides is 6. The maximum absolute atomic E-state index is 13.6. The van der Waals surface area contributed by atoms with Crippen molar-refractivity contribution in [2.45, 2.75) is 96.9 Å². The Morgan fingerprint density at radius 3 is 2.18 bits per heavy atom. The number of rotatable bonds is 7. The van der Waals surface area contributed by atoms with Gasteiger partial charge in [0.15, 0.2) is 5.82 Å². The fourth-order valence-corrected chi connectivity index (χ4v) is 6.17. The van der Waals surface area contributed by atoms with Gasteiger partial charge in [-0.15, -0.1) is 0 Å². The summed E-state index contributed by atoms with van der Waals surface area (Å²) in [6.07, 6.45) is -5.53. The molecule has 1 saturated heterocycles. The Balaban J connectivity index is 1.53. The molecule has 1 aliphatic heterocycles. The number of aryl methyl sites for hydroxylation is 2. The average Bonchev–Trinajstić information content (AvgIpc) is 3.45. The van der Waals surface area contributed by atoms with Gasteiger partial charge in [0, 0.05) is 12.6 Å². The van der Waals surface area contributed by atoms with Crippen molar-refractivity contribution in [3.63, 3.8) is 0 Å². The van der Waals surface area contributed by atoms with E-state index in [1.165, 1.54) is 11.8 Å². The first-order valence-corrected chi connectivity index (χ1v) is 14.5. The molecule has 0 radical (unpaired) electrons. The highest BCUT2D eigenvalue weighted by Gasteiger charge is 2.44. The molecule has 238 valence electrons. The van der Waals surface area contributed by atoms with Crippen molar-refractivity contribution >= 4 is 11.9 Å². The van der Waals surface area contributed by atoms with E-state index < -0.39 is 47.3 Å². The molecule has 0 spiro atoms. The van der Waals surface area contributed by atoms with E-state index in [0.29, 0.717) is 52.9 Å². The molecule has 2 aliphatic rings. The monoisotopic (exact) mass is 625 g/mol. The van der Waals surface area contributed by atoms with Crippen LogP contribution in [0.3, 0.4) is 0 Å². The van der Waals surface area contributed by atoms with Gasteiger partial charge >= 0.3 is 18.4 Å². The topological polar surface area (TPSA) is 84.6 Å². The first-order chi connectivity index (χ1) is 20.7. The first-order valence-electron chi connectivity index (χ1n) is 14.5. The Morgan fingerprint density at radius 2 is 1.64 bits per heavy atom. The summed E-state index contributed by atoms with van der Waals surface area (Å²) < 4.78 is 92.1. The molecule has 5 rings (SSSR count). The number of aromatic nitrogens is 3. The standard InChI is InChI=1S/C30H33F6N5O3/c1-5-40(22-9-7-6-8-10-22)27-24(38-23(14-37-27)25-16(2)39-44-18(25)4)15-41-17(3)26(43-28(41)42)19-11-20(29(31,32)33)13-21(12-19)30(34,35)36/h11-14,17,22,26H,5-10,15H2,1-4H3/t17-,26-/m0/s1. The van der Waals surface area contributed by atoms with Gasteiger partial charge in [0.1, 0.15) is 17.6 Å². The van der Waals surface area contributed by atoms with Crippen LogP contribution in [0, 0.1) is 13.8 Å². The van der Waals surface area contributed by atoms with Gasteiger partial charge < -0.3 is 14.2 Å². The summed E-state index contributed by atoms with van der Waals surface area (Å²) >= 11 is 0. The van der Waals surface area contributed by atoms with E-state index in [9.17, 15) is 31.1 Å². The van der Waals surface area contributed by atoms with E-state index in [2.05, 4.69) is 10.1 Å². The lowest BCUT2D eigenvalue weighted by Gasteiger charge is -2.35. The van der Waals surface area contributed by atoms with Crippen LogP contribution in [0.25, 0.3) is 11.3 Å². The minimum Gasteiger partial charge on any atom is -0.439 e. The van der Waals surface area contributed by atoms with Crippen LogP contribution in [0.15, 0.2) is 28.9 Å². The third-order valence-electron chi connectivity index (χ3n) is 8.39. The second-order valence-electron chi connectivity index (χ2n) is 11.3. The van der Waals surface area contributed by atoms with Crippen molar-refractivity contribution < 1.29 is 40.4 Å². The van der Waals surface area contributed by atoms with Crippen LogP contribution in [0.1, 0.15) is 85.9 Å². The lowest BCUT2D eigenvalue weighted by atomic mass is 9.94. The summed E-state index contributed by atoms with van der Waals surface area (Å²) in [5.41, 5.74) is -1.24. The summed E-state index contributed by atoms with van der Waals surface area (Å²) in [6, 6.07) is 0.522. The summed E-state index contributed by atoms with van der Waals surface area (Å²) in [5.74, 6) is 1.07. The van der Waals surface area contributed by atoms with Crippen molar-refractivity contribution in [2.75, 3.05) is 11.4 Å². The van der Waals surface area contributed by atoms with E-state index in [1.807, 2.05) is 6.92 Å². The highest BCUT2D eigenvalue weighted by Crippen LogP contribution is 2.41. The Morgan fingerprint density at radius 1 is 1.00 bits per heavy atom. The molecule has 0 unspecified atom stereocenters. The van der Waals surface area contributed by atoms with Crippen LogP contribution in [0.4, 0.5) is 37.0 Å². The minimum absolute atomic E-state index is 0.0510. The van der Waals surface area contributed by atoms with E-state index in [1.54, 1.807) is 20.0 Å². The van der Waals surface area contributed by atoms with E-state index in [4.69, 9.17) is 19.2 Å². The molecule has 0 N–H and O–H groups in total. The molecule has 1 aromatic carbocycles. The lowest BCUT2D eigenvalue weighted by molar-refractivity contribution is -0.143. The molecule has 14 heteroatoms. The normalized spacial score (nSPS) is 19.9. The molecule has 1 aliphatic carbocycles. The zero-order valence-corrected chi connectivity index (χ0v) is 24.7. The molecule has 8 nitrogen and oxygen atoms in total. The highest BCUT2D eigenvalue weighted by molar-refractivity contribution is 5.72. The van der Waals surface area contributed by atoms with Gasteiger partial charge in [-0.1, -0.05) is 24.4 Å². The van der Waals surface area contributed by atoms with E-state index in [0.717, 1.165) is 32.1 Å². The molecule has 3 aromatic rings. The molecule has 1 saturated carbocycles. The Labute approximate surface area is 250 Å². The summed E-state index contributed by atoms with van der Waals surface area (Å²) in [4.78, 5) is 26.2. The first kappa shape index (κ1) is 31.6. The number of cyclic esters (lactones) is 1. The number of hydrogen-bond donors (Lipinski definition) is 0. The van der Waals surface area contributed by atoms with Crippen LogP contribution < -0.4 is 4.90 Å². The predicted octanol–water partition coefficient (Wildman–Crippen LogP) is 8.03. The number of hydrogen-bond acceptors (Lipinski definition) is 7. The van der Waals surface area contributed by atoms with Gasteiger partial charge in [-0.05, 0) is 64.3 Å². The smallest absolute Gasteiger partial charge is 0.416 e. The van der Waals surface area contributed by atoms with Crippen LogP contribution in [0.2, 0.25) is 0 Å². The zero-order valence-electron chi connectivity index (χ0n) is 24.7. The predicted molar refractivity (Wildman–Crippen MR) is 148 cm³/mol. The fourth-order valence-electron chi connectivity index (χ4n) is 6.17. The molecule has 1 amide bonds. The van der Waals surface area contributed by atoms with Gasteiger partial charge in [-0.25, -0.2) is 14.8 Å². The quantitative estimate of drug-likeness (QED) is 0.246. The molecule has 0 bridgehead atoms. The minimum atomic E-state index is -5.03. The van der Waals surface area contributed by atoms with Gasteiger partial charge in [0.25, 0.3) is 0 Å². The largest absolute Gasteiger partial charge is 0.439 e. The van der Waals surface area contributed by atoms with Crippen LogP contribution in [-0.2, 0) is 23.6 Å². The number of anilines is 1. The summed E-state index contributed by atoms with van der Waals surface area (Å²) in [6.45, 7) is 7.49. The Bertz CT molecular complexity index is 1460. The third-order valence-corrected chi connectivity index (χ3v) is 8.39. The molecule has 2 fully saturated rings. The van der Waals surface area contributed by atoms with Crippen molar-refractivity contribution in [2.24, 2.45) is 0 Å². The number of nitrogens with zero attached hydrogens (tertiary/aromatic N) is 5. The Hall–Kier alpha value is -3.84. The fraction of sp³-hybridized carbons (Fsp3) is 0.533. The molecular formula is C30H33F6N5O3. The van der Waals surface area contributed by atoms with Crippen molar-refractivity contribution in [1.29, 1.82) is 0 Å². The van der Waals surface area contributed by atoms with Crippen molar-refractivity contribution in [3.8, 4) is 11.3 Å². The van der Waals surface area contributed by atoms with Crippen LogP contribution in [0.5, 0.6) is 0 Å². The lowest BCUT2D eigenvalue weighted by Crippen LogP contribution is -2.39. The number of halogens is 6. The van der Waals surface area contributed by atoms with Crippen molar-refractivity contribution in [1.82, 2.24) is 20.0 Å². The number of carbonyl (C=O) groups is 1. The Kier molecular flexibility index (Phi) is 8.56. The van der Waals surface area contributed by atoms with Crippen molar-refractivity contribution in [3.05, 3.63) is 58.2 Å². The molecular weight excluding hydrogens is 592 g/mol. The molecule has 3 heterocycles. The average molecular weight is 626 g/mol. The third kappa shape index (κ3) is 6.20. The second-order valence-corrected chi connectivity index (χ2v) is 11.3. The maximum Gasteiger partial charge on any atom is 0.416 e. The second kappa shape index (κ2) is 11.9. The molecule has 2 aromatic heterocycles. The number of carbonyl (C=O) groups excluding carboxylic acids is 1. The number of benzene rings is 1. The SMILES string of the molecule is CCN(c1ncc(-c2c(C)noc2C)nc1CN1C(=O)O[C@H](c2cc(C(F)(F)F)cc(C(F)(F)F)c2)[C@@H]1C)C1CCCCC1. The number of ether oxygens (including phenoxy) is 1. The van der Waals surface area contributed by atoms with Gasteiger partial charge in [0.05, 0.1) is 46.9 Å². The maximum atomic E-state index is 13.6. The highest BCUT2D eigenvalue weighted by atomic mass is 19.4. The summed E-state index contributed by atoms with van der Waals surface area (Å²) in [7, 11) is 0. The molecule has 44 heavy (non-hydrogen) atoms. The van der Waals surface area contributed by atoms with Gasteiger partial charge in [-0.2, -0.15) is 26.3 Å². The number of amides is 1. The zero-order chi connectivity index (χ0) is 32.0. The van der Waals surface area contributed by atoms with E-state index in [-0.39, 0.29) is 18.7 Å². The van der Waals surface area contributed by atoms with E-state index >= 15 is 0 Å².